The molecule has 0 unspecified atom stereocenters. The first-order valence-electron chi connectivity index (χ1n) is 8.85. The Balaban J connectivity index is 1.78. The van der Waals surface area contributed by atoms with E-state index < -0.39 is 0 Å². The van der Waals surface area contributed by atoms with Crippen molar-refractivity contribution in [3.05, 3.63) is 77.1 Å². The number of hydrazone groups is 1. The Hall–Kier alpha value is -3.54. The van der Waals surface area contributed by atoms with Gasteiger partial charge in [0.2, 0.25) is 0 Å². The van der Waals surface area contributed by atoms with Crippen LogP contribution in [0.3, 0.4) is 0 Å². The lowest BCUT2D eigenvalue weighted by Crippen LogP contribution is -2.18. The largest absolute Gasteiger partial charge is 0.497 e. The summed E-state index contributed by atoms with van der Waals surface area (Å²) in [5.41, 5.74) is 7.10. The van der Waals surface area contributed by atoms with Gasteiger partial charge in [-0.1, -0.05) is 18.2 Å². The molecular formula is C22H23N3O3. The topological polar surface area (TPSA) is 64.8 Å². The SMILES string of the molecule is COc1ccc(C(=O)NN=Cc2cc(C)n(-c3ccccc3)c2C)c(OC)c1. The molecule has 1 heterocycles. The van der Waals surface area contributed by atoms with E-state index >= 15 is 0 Å². The van der Waals surface area contributed by atoms with Crippen LogP contribution in [0.25, 0.3) is 5.69 Å². The first kappa shape index (κ1) is 19.2. The van der Waals surface area contributed by atoms with Crippen LogP contribution in [0.15, 0.2) is 59.7 Å². The maximum absolute atomic E-state index is 12.4. The molecule has 1 amide bonds. The lowest BCUT2D eigenvalue weighted by atomic mass is 10.2. The smallest absolute Gasteiger partial charge is 0.275 e. The summed E-state index contributed by atoms with van der Waals surface area (Å²) in [6.07, 6.45) is 1.65. The molecule has 0 fully saturated rings. The molecule has 0 atom stereocenters. The van der Waals surface area contributed by atoms with Crippen LogP contribution in [0.2, 0.25) is 0 Å². The van der Waals surface area contributed by atoms with Crippen molar-refractivity contribution >= 4 is 12.1 Å². The molecule has 0 saturated carbocycles. The normalized spacial score (nSPS) is 10.9. The zero-order valence-corrected chi connectivity index (χ0v) is 16.4. The average molecular weight is 377 g/mol. The third-order valence-electron chi connectivity index (χ3n) is 4.51. The Morgan fingerprint density at radius 2 is 1.79 bits per heavy atom. The molecule has 1 N–H and O–H groups in total. The molecule has 2 aromatic carbocycles. The molecule has 3 aromatic rings. The van der Waals surface area contributed by atoms with Crippen molar-refractivity contribution in [1.29, 1.82) is 0 Å². The quantitative estimate of drug-likeness (QED) is 0.524. The van der Waals surface area contributed by atoms with E-state index in [1.807, 2.05) is 38.1 Å². The summed E-state index contributed by atoms with van der Waals surface area (Å²) in [7, 11) is 3.07. The van der Waals surface area contributed by atoms with Gasteiger partial charge in [-0.15, -0.1) is 0 Å². The molecule has 6 heteroatoms. The number of nitrogens with one attached hydrogen (secondary N) is 1. The van der Waals surface area contributed by atoms with Crippen LogP contribution in [0.4, 0.5) is 0 Å². The van der Waals surface area contributed by atoms with Crippen LogP contribution in [0, 0.1) is 13.8 Å². The van der Waals surface area contributed by atoms with E-state index in [9.17, 15) is 4.79 Å². The van der Waals surface area contributed by atoms with Crippen molar-refractivity contribution in [2.75, 3.05) is 14.2 Å². The zero-order chi connectivity index (χ0) is 20.1. The summed E-state index contributed by atoms with van der Waals surface area (Å²) >= 11 is 0. The summed E-state index contributed by atoms with van der Waals surface area (Å²) in [6.45, 7) is 4.06. The van der Waals surface area contributed by atoms with Crippen LogP contribution < -0.4 is 14.9 Å². The van der Waals surface area contributed by atoms with Gasteiger partial charge in [-0.2, -0.15) is 5.10 Å². The fourth-order valence-electron chi connectivity index (χ4n) is 3.10. The van der Waals surface area contributed by atoms with E-state index in [4.69, 9.17) is 9.47 Å². The molecule has 0 aliphatic heterocycles. The average Bonchev–Trinajstić information content (AvgIpc) is 3.01. The molecule has 0 bridgehead atoms. The molecule has 28 heavy (non-hydrogen) atoms. The van der Waals surface area contributed by atoms with Gasteiger partial charge in [0.15, 0.2) is 0 Å². The molecule has 0 radical (unpaired) electrons. The summed E-state index contributed by atoms with van der Waals surface area (Å²) < 4.78 is 12.6. The minimum Gasteiger partial charge on any atom is -0.497 e. The van der Waals surface area contributed by atoms with Gasteiger partial charge in [0, 0.05) is 28.7 Å². The third kappa shape index (κ3) is 3.91. The number of rotatable bonds is 6. The maximum Gasteiger partial charge on any atom is 0.275 e. The van der Waals surface area contributed by atoms with Crippen LogP contribution in [0.5, 0.6) is 11.5 Å². The number of carbonyl (C=O) groups excluding carboxylic acids is 1. The van der Waals surface area contributed by atoms with Gasteiger partial charge in [0.1, 0.15) is 11.5 Å². The summed E-state index contributed by atoms with van der Waals surface area (Å²) in [5.74, 6) is 0.687. The van der Waals surface area contributed by atoms with Crippen molar-refractivity contribution in [2.45, 2.75) is 13.8 Å². The van der Waals surface area contributed by atoms with Crippen molar-refractivity contribution in [3.63, 3.8) is 0 Å². The molecular weight excluding hydrogens is 354 g/mol. The molecule has 6 nitrogen and oxygen atoms in total. The first-order valence-corrected chi connectivity index (χ1v) is 8.85. The molecule has 1 aromatic heterocycles. The number of aromatic nitrogens is 1. The second-order valence-corrected chi connectivity index (χ2v) is 6.26. The number of carbonyl (C=O) groups is 1. The number of methoxy groups -OCH3 is 2. The number of benzene rings is 2. The Morgan fingerprint density at radius 3 is 2.46 bits per heavy atom. The van der Waals surface area contributed by atoms with E-state index in [2.05, 4.69) is 27.2 Å². The van der Waals surface area contributed by atoms with Gasteiger partial charge in [0.05, 0.1) is 26.0 Å². The number of amides is 1. The van der Waals surface area contributed by atoms with Gasteiger partial charge in [-0.05, 0) is 44.2 Å². The van der Waals surface area contributed by atoms with E-state index in [-0.39, 0.29) is 5.91 Å². The fourth-order valence-corrected chi connectivity index (χ4v) is 3.10. The number of nitrogens with zero attached hydrogens (tertiary/aromatic N) is 2. The Bertz CT molecular complexity index is 1010. The van der Waals surface area contributed by atoms with E-state index in [1.165, 1.54) is 7.11 Å². The maximum atomic E-state index is 12.4. The third-order valence-corrected chi connectivity index (χ3v) is 4.51. The molecule has 0 aliphatic carbocycles. The predicted octanol–water partition coefficient (Wildman–Crippen LogP) is 3.88. The zero-order valence-electron chi connectivity index (χ0n) is 16.4. The highest BCUT2D eigenvalue weighted by Crippen LogP contribution is 2.24. The summed E-state index contributed by atoms with van der Waals surface area (Å²) in [6, 6.07) is 17.1. The van der Waals surface area contributed by atoms with Crippen molar-refractivity contribution in [2.24, 2.45) is 5.10 Å². The number of hydrogen-bond acceptors (Lipinski definition) is 4. The molecule has 0 saturated heterocycles. The molecule has 3 rings (SSSR count). The van der Waals surface area contributed by atoms with Gasteiger partial charge in [-0.25, -0.2) is 5.43 Å². The number of hydrogen-bond donors (Lipinski definition) is 1. The van der Waals surface area contributed by atoms with Gasteiger partial charge in [-0.3, -0.25) is 4.79 Å². The van der Waals surface area contributed by atoms with Gasteiger partial charge >= 0.3 is 0 Å². The monoisotopic (exact) mass is 377 g/mol. The standard InChI is InChI=1S/C22H23N3O3/c1-15-12-17(16(2)25(15)18-8-6-5-7-9-18)14-23-24-22(26)20-11-10-19(27-3)13-21(20)28-4/h5-14H,1-4H3,(H,24,26). The van der Waals surface area contributed by atoms with Gasteiger partial charge < -0.3 is 14.0 Å². The summed E-state index contributed by atoms with van der Waals surface area (Å²) in [4.78, 5) is 12.4. The lowest BCUT2D eigenvalue weighted by molar-refractivity contribution is 0.0952. The minimum atomic E-state index is -0.354. The fraction of sp³-hybridized carbons (Fsp3) is 0.182. The lowest BCUT2D eigenvalue weighted by Gasteiger charge is -2.09. The second-order valence-electron chi connectivity index (χ2n) is 6.26. The van der Waals surface area contributed by atoms with Crippen LogP contribution >= 0.6 is 0 Å². The number of ether oxygens (including phenoxy) is 2. The Labute approximate surface area is 164 Å². The molecule has 0 aliphatic rings. The first-order chi connectivity index (χ1) is 13.5. The minimum absolute atomic E-state index is 0.354. The van der Waals surface area contributed by atoms with Crippen LogP contribution in [-0.4, -0.2) is 30.9 Å². The predicted molar refractivity (Wildman–Crippen MR) is 110 cm³/mol. The summed E-state index contributed by atoms with van der Waals surface area (Å²) in [5, 5.41) is 4.12. The van der Waals surface area contributed by atoms with E-state index in [0.29, 0.717) is 17.1 Å². The van der Waals surface area contributed by atoms with E-state index in [0.717, 1.165) is 22.6 Å². The van der Waals surface area contributed by atoms with Crippen molar-refractivity contribution in [1.82, 2.24) is 9.99 Å². The van der Waals surface area contributed by atoms with Crippen LogP contribution in [-0.2, 0) is 0 Å². The molecule has 0 spiro atoms. The van der Waals surface area contributed by atoms with Crippen LogP contribution in [0.1, 0.15) is 27.3 Å². The van der Waals surface area contributed by atoms with Crippen molar-refractivity contribution < 1.29 is 14.3 Å². The van der Waals surface area contributed by atoms with Crippen molar-refractivity contribution in [3.8, 4) is 17.2 Å². The highest BCUT2D eigenvalue weighted by Gasteiger charge is 2.13. The highest BCUT2D eigenvalue weighted by molar-refractivity contribution is 5.97. The van der Waals surface area contributed by atoms with Gasteiger partial charge in [0.25, 0.3) is 5.91 Å². The highest BCUT2D eigenvalue weighted by atomic mass is 16.5. The second kappa shape index (κ2) is 8.43. The Kier molecular flexibility index (Phi) is 5.79. The number of aryl methyl sites for hydroxylation is 1. The van der Waals surface area contributed by atoms with E-state index in [1.54, 1.807) is 31.5 Å². The molecule has 144 valence electrons. The number of para-hydroxylation sites is 1. The Morgan fingerprint density at radius 1 is 1.04 bits per heavy atom.